The molecule has 1 aliphatic heterocycles. The van der Waals surface area contributed by atoms with Crippen LogP contribution < -0.4 is 5.30 Å². The SMILES string of the molecule is C.CC.CC.CC(=O)c1ccc(-c2ccccc2F)cc1.CC1C=CC(c2ccccc2P)=CC1.Fc1ccccc1-c1ccc(CC(=S)N2CCOCC2)cc1. The number of nitrogens with zero attached hydrogens (tertiary/aromatic N) is 1. The molecule has 0 N–H and O–H groups in total. The molecule has 1 fully saturated rings. The fourth-order valence-corrected chi connectivity index (χ4v) is 6.59. The smallest absolute Gasteiger partial charge is 0.159 e. The maximum atomic E-state index is 13.8. The molecule has 0 saturated carbocycles. The van der Waals surface area contributed by atoms with Gasteiger partial charge in [0.25, 0.3) is 0 Å². The van der Waals surface area contributed by atoms with Crippen molar-refractivity contribution in [3.63, 3.8) is 0 Å². The van der Waals surface area contributed by atoms with Crippen molar-refractivity contribution in [3.05, 3.63) is 168 Å². The van der Waals surface area contributed by atoms with E-state index in [-0.39, 0.29) is 24.8 Å². The fourth-order valence-electron chi connectivity index (χ4n) is 5.86. The summed E-state index contributed by atoms with van der Waals surface area (Å²) in [7, 11) is 2.79. The minimum Gasteiger partial charge on any atom is -0.378 e. The average Bonchev–Trinajstić information content (AvgIpc) is 3.24. The van der Waals surface area contributed by atoms with E-state index in [1.165, 1.54) is 35.5 Å². The number of carbonyl (C=O) groups excluding carboxylic acids is 1. The Morgan fingerprint density at radius 3 is 1.67 bits per heavy atom. The van der Waals surface area contributed by atoms with Crippen LogP contribution >= 0.6 is 21.5 Å². The second-order valence-electron chi connectivity index (χ2n) is 12.8. The van der Waals surface area contributed by atoms with Crippen LogP contribution in [0.25, 0.3) is 27.8 Å². The molecule has 1 aliphatic carbocycles. The van der Waals surface area contributed by atoms with Gasteiger partial charge in [-0.15, -0.1) is 9.24 Å². The maximum Gasteiger partial charge on any atom is 0.159 e. The van der Waals surface area contributed by atoms with Crippen LogP contribution in [0.5, 0.6) is 0 Å². The molecule has 0 spiro atoms. The lowest BCUT2D eigenvalue weighted by Crippen LogP contribution is -2.40. The van der Waals surface area contributed by atoms with E-state index in [0.717, 1.165) is 60.8 Å². The van der Waals surface area contributed by atoms with Crippen LogP contribution in [-0.4, -0.2) is 42.0 Å². The molecular formula is C50H60F2NO2PS. The molecular weight excluding hydrogens is 748 g/mol. The van der Waals surface area contributed by atoms with E-state index >= 15 is 0 Å². The maximum absolute atomic E-state index is 13.8. The van der Waals surface area contributed by atoms with Gasteiger partial charge in [0.2, 0.25) is 0 Å². The summed E-state index contributed by atoms with van der Waals surface area (Å²) in [5.41, 5.74) is 7.33. The van der Waals surface area contributed by atoms with Crippen LogP contribution in [-0.2, 0) is 11.2 Å². The number of morpholine rings is 1. The molecule has 1 saturated heterocycles. The number of halogens is 2. The number of ether oxygens (including phenoxy) is 1. The fraction of sp³-hybridized carbons (Fsp3) is 0.280. The van der Waals surface area contributed by atoms with E-state index in [2.05, 4.69) is 63.6 Å². The van der Waals surface area contributed by atoms with Gasteiger partial charge in [-0.05, 0) is 64.5 Å². The summed E-state index contributed by atoms with van der Waals surface area (Å²) in [4.78, 5) is 14.2. The molecule has 0 aromatic heterocycles. The van der Waals surface area contributed by atoms with Gasteiger partial charge >= 0.3 is 0 Å². The molecule has 0 amide bonds. The number of allylic oxidation sites excluding steroid dienone is 4. The summed E-state index contributed by atoms with van der Waals surface area (Å²) in [6, 6.07) is 36.8. The number of ketones is 1. The van der Waals surface area contributed by atoms with E-state index in [0.29, 0.717) is 22.6 Å². The third-order valence-electron chi connectivity index (χ3n) is 8.92. The number of carbonyl (C=O) groups is 1. The summed E-state index contributed by atoms with van der Waals surface area (Å²) in [6.45, 7) is 15.0. The van der Waals surface area contributed by atoms with Crippen LogP contribution in [0.4, 0.5) is 8.78 Å². The predicted molar refractivity (Wildman–Crippen MR) is 248 cm³/mol. The summed E-state index contributed by atoms with van der Waals surface area (Å²) in [5.74, 6) is 0.257. The Bertz CT molecular complexity index is 2020. The zero-order valence-electron chi connectivity index (χ0n) is 33.6. The van der Waals surface area contributed by atoms with Crippen LogP contribution in [0.1, 0.15) is 76.9 Å². The number of hydrogen-bond donors (Lipinski definition) is 0. The van der Waals surface area contributed by atoms with Gasteiger partial charge in [0.05, 0.1) is 18.2 Å². The highest BCUT2D eigenvalue weighted by Gasteiger charge is 2.14. The minimum atomic E-state index is -0.252. The monoisotopic (exact) mass is 807 g/mol. The average molecular weight is 808 g/mol. The van der Waals surface area contributed by atoms with Crippen molar-refractivity contribution in [2.75, 3.05) is 26.3 Å². The lowest BCUT2D eigenvalue weighted by atomic mass is 9.94. The zero-order valence-corrected chi connectivity index (χ0v) is 35.6. The number of rotatable bonds is 6. The van der Waals surface area contributed by atoms with Crippen LogP contribution in [0.15, 0.2) is 140 Å². The molecule has 0 bridgehead atoms. The molecule has 1 heterocycles. The Hall–Kier alpha value is -4.61. The van der Waals surface area contributed by atoms with Gasteiger partial charge in [0, 0.05) is 36.2 Å². The van der Waals surface area contributed by atoms with Crippen molar-refractivity contribution in [1.82, 2.24) is 4.90 Å². The van der Waals surface area contributed by atoms with Crippen LogP contribution in [0.3, 0.4) is 0 Å². The molecule has 57 heavy (non-hydrogen) atoms. The first-order valence-corrected chi connectivity index (χ1v) is 20.5. The Labute approximate surface area is 349 Å². The first kappa shape index (κ1) is 48.5. The second-order valence-corrected chi connectivity index (χ2v) is 13.9. The summed E-state index contributed by atoms with van der Waals surface area (Å²) in [6.07, 6.45) is 8.74. The Kier molecular flexibility index (Phi) is 22.4. The third-order valence-corrected chi connectivity index (χ3v) is 9.83. The van der Waals surface area contributed by atoms with Crippen molar-refractivity contribution in [2.45, 2.75) is 61.8 Å². The van der Waals surface area contributed by atoms with E-state index in [1.54, 1.807) is 54.6 Å². The Morgan fingerprint density at radius 1 is 0.737 bits per heavy atom. The topological polar surface area (TPSA) is 29.5 Å². The van der Waals surface area contributed by atoms with Crippen molar-refractivity contribution in [2.24, 2.45) is 5.92 Å². The molecule has 5 aromatic rings. The van der Waals surface area contributed by atoms with Crippen molar-refractivity contribution in [3.8, 4) is 22.3 Å². The summed E-state index contributed by atoms with van der Waals surface area (Å²) in [5, 5.41) is 1.28. The molecule has 2 unspecified atom stereocenters. The lowest BCUT2D eigenvalue weighted by molar-refractivity contribution is 0.0684. The Morgan fingerprint density at radius 2 is 1.21 bits per heavy atom. The van der Waals surface area contributed by atoms with E-state index in [4.69, 9.17) is 17.0 Å². The number of benzene rings is 5. The normalized spacial score (nSPS) is 13.9. The van der Waals surface area contributed by atoms with Gasteiger partial charge in [-0.1, -0.05) is 182 Å². The predicted octanol–water partition coefficient (Wildman–Crippen LogP) is 13.2. The molecule has 7 rings (SSSR count). The highest BCUT2D eigenvalue weighted by Crippen LogP contribution is 2.25. The van der Waals surface area contributed by atoms with Gasteiger partial charge in [0.1, 0.15) is 11.6 Å². The lowest BCUT2D eigenvalue weighted by Gasteiger charge is -2.29. The quantitative estimate of drug-likeness (QED) is 0.0971. The highest BCUT2D eigenvalue weighted by atomic mass is 32.1. The standard InChI is InChI=1S/C18H18FNOS.C14H11FO.C13H15P.2C2H6.CH4/c19-17-4-2-1-3-16(17)15-7-5-14(6-8-15)13-18(22)20-9-11-21-12-10-20;1-10(16)11-6-8-12(9-7-11)13-4-2-3-5-14(13)15;1-10-6-8-11(9-7-10)12-4-2-3-5-13(12)14;2*1-2;/h1-8H,9-13H2;2-9H,1H3;2-6,8-10H,7,14H2,1H3;2*1-2H3;1H4. The number of hydrogen-bond acceptors (Lipinski definition) is 3. The largest absolute Gasteiger partial charge is 0.378 e. The number of thiocarbonyl (C=S) groups is 1. The summed E-state index contributed by atoms with van der Waals surface area (Å²) < 4.78 is 32.6. The van der Waals surface area contributed by atoms with E-state index in [9.17, 15) is 13.6 Å². The number of Topliss-reactive ketones (excluding diaryl/α,β-unsaturated/α-hetero) is 1. The van der Waals surface area contributed by atoms with Gasteiger partial charge in [-0.25, -0.2) is 8.78 Å². The molecule has 2 aliphatic rings. The van der Waals surface area contributed by atoms with Crippen molar-refractivity contribution < 1.29 is 18.3 Å². The molecule has 0 radical (unpaired) electrons. The first-order chi connectivity index (χ1) is 27.2. The summed E-state index contributed by atoms with van der Waals surface area (Å²) >= 11 is 5.51. The van der Waals surface area contributed by atoms with Crippen molar-refractivity contribution in [1.29, 1.82) is 0 Å². The van der Waals surface area contributed by atoms with Gasteiger partial charge in [-0.3, -0.25) is 4.79 Å². The second kappa shape index (κ2) is 26.3. The highest BCUT2D eigenvalue weighted by molar-refractivity contribution is 7.80. The van der Waals surface area contributed by atoms with Gasteiger partial charge < -0.3 is 9.64 Å². The molecule has 3 nitrogen and oxygen atoms in total. The minimum absolute atomic E-state index is 0. The molecule has 5 aromatic carbocycles. The Balaban J connectivity index is 0.000000287. The molecule has 2 atom stereocenters. The van der Waals surface area contributed by atoms with Gasteiger partial charge in [0.15, 0.2) is 5.78 Å². The first-order valence-electron chi connectivity index (χ1n) is 19.5. The molecule has 302 valence electrons. The van der Waals surface area contributed by atoms with Crippen LogP contribution in [0.2, 0.25) is 0 Å². The van der Waals surface area contributed by atoms with Gasteiger partial charge in [-0.2, -0.15) is 0 Å². The van der Waals surface area contributed by atoms with Crippen molar-refractivity contribution >= 4 is 43.1 Å². The van der Waals surface area contributed by atoms with Crippen LogP contribution in [0, 0.1) is 17.6 Å². The third kappa shape index (κ3) is 15.3. The zero-order chi connectivity index (χ0) is 40.9. The molecule has 7 heteroatoms. The van der Waals surface area contributed by atoms with E-state index < -0.39 is 0 Å². The van der Waals surface area contributed by atoms with E-state index in [1.807, 2.05) is 58.0 Å².